The standard InChI is InChI=1S/C13H19NO/c1-3-5-7-9-11-13(15)14-12-10-8-6-4-2/h1-2H,5-12H2,(H,14,15). The molecule has 1 amide bonds. The number of unbranched alkanes of at least 4 members (excludes halogenated alkanes) is 4. The molecule has 0 rings (SSSR count). The second-order valence-corrected chi connectivity index (χ2v) is 3.42. The van der Waals surface area contributed by atoms with E-state index in [9.17, 15) is 4.79 Å². The van der Waals surface area contributed by atoms with Crippen molar-refractivity contribution in [2.24, 2.45) is 0 Å². The summed E-state index contributed by atoms with van der Waals surface area (Å²) in [6, 6.07) is 0. The van der Waals surface area contributed by atoms with Crippen molar-refractivity contribution in [2.75, 3.05) is 6.54 Å². The highest BCUT2D eigenvalue weighted by atomic mass is 16.1. The Morgan fingerprint density at radius 2 is 1.60 bits per heavy atom. The Morgan fingerprint density at radius 1 is 1.00 bits per heavy atom. The van der Waals surface area contributed by atoms with E-state index in [-0.39, 0.29) is 5.91 Å². The summed E-state index contributed by atoms with van der Waals surface area (Å²) in [5, 5.41) is 2.86. The normalized spacial score (nSPS) is 8.93. The predicted molar refractivity (Wildman–Crippen MR) is 63.0 cm³/mol. The van der Waals surface area contributed by atoms with Crippen LogP contribution in [0.2, 0.25) is 0 Å². The highest BCUT2D eigenvalue weighted by molar-refractivity contribution is 5.75. The molecule has 0 aliphatic heterocycles. The van der Waals surface area contributed by atoms with E-state index in [1.807, 2.05) is 0 Å². The maximum Gasteiger partial charge on any atom is 0.219 e. The van der Waals surface area contributed by atoms with Gasteiger partial charge in [-0.05, 0) is 25.7 Å². The van der Waals surface area contributed by atoms with Crippen LogP contribution in [0, 0.1) is 24.7 Å². The van der Waals surface area contributed by atoms with E-state index in [1.54, 1.807) is 0 Å². The highest BCUT2D eigenvalue weighted by Gasteiger charge is 1.99. The second-order valence-electron chi connectivity index (χ2n) is 3.42. The van der Waals surface area contributed by atoms with E-state index in [0.717, 1.165) is 45.1 Å². The lowest BCUT2D eigenvalue weighted by atomic mass is 10.2. The molecule has 0 radical (unpaired) electrons. The van der Waals surface area contributed by atoms with Gasteiger partial charge < -0.3 is 5.32 Å². The van der Waals surface area contributed by atoms with Crippen molar-refractivity contribution in [2.45, 2.75) is 44.9 Å². The molecule has 82 valence electrons. The lowest BCUT2D eigenvalue weighted by molar-refractivity contribution is -0.121. The predicted octanol–water partition coefficient (Wildman–Crippen LogP) is 2.10. The number of carbonyl (C=O) groups is 1. The number of hydrogen-bond acceptors (Lipinski definition) is 1. The Balaban J connectivity index is 3.20. The largest absolute Gasteiger partial charge is 0.356 e. The van der Waals surface area contributed by atoms with Gasteiger partial charge >= 0.3 is 0 Å². The first-order valence-corrected chi connectivity index (χ1v) is 5.45. The van der Waals surface area contributed by atoms with Crippen molar-refractivity contribution >= 4 is 5.91 Å². The van der Waals surface area contributed by atoms with Gasteiger partial charge in [0.05, 0.1) is 0 Å². The summed E-state index contributed by atoms with van der Waals surface area (Å²) in [6.45, 7) is 0.732. The molecular formula is C13H19NO. The van der Waals surface area contributed by atoms with Gasteiger partial charge in [0.1, 0.15) is 0 Å². The van der Waals surface area contributed by atoms with Gasteiger partial charge in [-0.1, -0.05) is 0 Å². The maximum absolute atomic E-state index is 11.2. The molecule has 0 saturated heterocycles. The van der Waals surface area contributed by atoms with E-state index in [0.29, 0.717) is 6.42 Å². The average molecular weight is 205 g/mol. The molecule has 0 spiro atoms. The molecule has 0 atom stereocenters. The minimum absolute atomic E-state index is 0.118. The Labute approximate surface area is 92.8 Å². The van der Waals surface area contributed by atoms with Gasteiger partial charge in [0, 0.05) is 25.8 Å². The van der Waals surface area contributed by atoms with E-state index in [2.05, 4.69) is 17.2 Å². The monoisotopic (exact) mass is 205 g/mol. The molecule has 0 bridgehead atoms. The number of terminal acetylenes is 2. The second kappa shape index (κ2) is 10.7. The summed E-state index contributed by atoms with van der Waals surface area (Å²) < 4.78 is 0. The average Bonchev–Trinajstić information content (AvgIpc) is 2.24. The van der Waals surface area contributed by atoms with Crippen molar-refractivity contribution in [3.63, 3.8) is 0 Å². The number of nitrogens with one attached hydrogen (secondary N) is 1. The van der Waals surface area contributed by atoms with Crippen LogP contribution >= 0.6 is 0 Å². The number of hydrogen-bond donors (Lipinski definition) is 1. The van der Waals surface area contributed by atoms with Crippen LogP contribution < -0.4 is 5.32 Å². The van der Waals surface area contributed by atoms with Crippen LogP contribution in [-0.4, -0.2) is 12.5 Å². The van der Waals surface area contributed by atoms with Gasteiger partial charge in [-0.2, -0.15) is 0 Å². The molecule has 0 heterocycles. The summed E-state index contributed by atoms with van der Waals surface area (Å²) in [5.41, 5.74) is 0. The van der Waals surface area contributed by atoms with Crippen LogP contribution in [0.15, 0.2) is 0 Å². The molecule has 15 heavy (non-hydrogen) atoms. The Hall–Kier alpha value is -1.41. The fraction of sp³-hybridized carbons (Fsp3) is 0.615. The summed E-state index contributed by atoms with van der Waals surface area (Å²) >= 11 is 0. The molecule has 1 N–H and O–H groups in total. The van der Waals surface area contributed by atoms with Gasteiger partial charge in [0.2, 0.25) is 5.91 Å². The van der Waals surface area contributed by atoms with E-state index in [1.165, 1.54) is 0 Å². The minimum atomic E-state index is 0.118. The van der Waals surface area contributed by atoms with Crippen molar-refractivity contribution in [3.8, 4) is 24.7 Å². The molecule has 0 unspecified atom stereocenters. The number of carbonyl (C=O) groups excluding carboxylic acids is 1. The number of amides is 1. The van der Waals surface area contributed by atoms with Crippen LogP contribution in [0.25, 0.3) is 0 Å². The van der Waals surface area contributed by atoms with Gasteiger partial charge in [0.15, 0.2) is 0 Å². The zero-order valence-electron chi connectivity index (χ0n) is 9.22. The lowest BCUT2D eigenvalue weighted by Gasteiger charge is -2.03. The topological polar surface area (TPSA) is 29.1 Å². The van der Waals surface area contributed by atoms with Crippen LogP contribution in [0.5, 0.6) is 0 Å². The Morgan fingerprint density at radius 3 is 2.20 bits per heavy atom. The SMILES string of the molecule is C#CCCCCNC(=O)CCCCC#C. The first-order valence-electron chi connectivity index (χ1n) is 5.45. The molecule has 2 heteroatoms. The molecule has 0 aliphatic carbocycles. The maximum atomic E-state index is 11.2. The van der Waals surface area contributed by atoms with Crippen LogP contribution in [-0.2, 0) is 4.79 Å². The van der Waals surface area contributed by atoms with E-state index in [4.69, 9.17) is 12.8 Å². The summed E-state index contributed by atoms with van der Waals surface area (Å²) in [5.74, 6) is 5.25. The van der Waals surface area contributed by atoms with Gasteiger partial charge in [-0.3, -0.25) is 4.79 Å². The third-order valence-electron chi connectivity index (χ3n) is 2.05. The third kappa shape index (κ3) is 10.5. The molecule has 0 aromatic heterocycles. The molecule has 0 aromatic carbocycles. The van der Waals surface area contributed by atoms with Crippen molar-refractivity contribution in [3.05, 3.63) is 0 Å². The lowest BCUT2D eigenvalue weighted by Crippen LogP contribution is -2.23. The summed E-state index contributed by atoms with van der Waals surface area (Å²) in [4.78, 5) is 11.2. The van der Waals surface area contributed by atoms with Crippen LogP contribution in [0.1, 0.15) is 44.9 Å². The van der Waals surface area contributed by atoms with Crippen LogP contribution in [0.3, 0.4) is 0 Å². The molecule has 0 aliphatic rings. The quantitative estimate of drug-likeness (QED) is 0.477. The fourth-order valence-electron chi connectivity index (χ4n) is 1.18. The smallest absolute Gasteiger partial charge is 0.219 e. The van der Waals surface area contributed by atoms with Crippen molar-refractivity contribution in [1.82, 2.24) is 5.32 Å². The zero-order chi connectivity index (χ0) is 11.4. The molecule has 2 nitrogen and oxygen atoms in total. The summed E-state index contributed by atoms with van der Waals surface area (Å²) in [7, 11) is 0. The molecular weight excluding hydrogens is 186 g/mol. The molecule has 0 fully saturated rings. The van der Waals surface area contributed by atoms with Crippen molar-refractivity contribution in [1.29, 1.82) is 0 Å². The third-order valence-corrected chi connectivity index (χ3v) is 2.05. The highest BCUT2D eigenvalue weighted by Crippen LogP contribution is 1.98. The zero-order valence-corrected chi connectivity index (χ0v) is 9.22. The minimum Gasteiger partial charge on any atom is -0.356 e. The van der Waals surface area contributed by atoms with Crippen molar-refractivity contribution < 1.29 is 4.79 Å². The van der Waals surface area contributed by atoms with Gasteiger partial charge in [-0.15, -0.1) is 24.7 Å². The first-order chi connectivity index (χ1) is 7.31. The van der Waals surface area contributed by atoms with Gasteiger partial charge in [-0.25, -0.2) is 0 Å². The van der Waals surface area contributed by atoms with E-state index < -0.39 is 0 Å². The number of rotatable bonds is 8. The molecule has 0 saturated carbocycles. The molecule has 0 aromatic rings. The Kier molecular flexibility index (Phi) is 9.67. The van der Waals surface area contributed by atoms with E-state index >= 15 is 0 Å². The van der Waals surface area contributed by atoms with Crippen LogP contribution in [0.4, 0.5) is 0 Å². The fourth-order valence-corrected chi connectivity index (χ4v) is 1.18. The summed E-state index contributed by atoms with van der Waals surface area (Å²) in [6.07, 6.45) is 16.1. The first kappa shape index (κ1) is 13.6. The van der Waals surface area contributed by atoms with Gasteiger partial charge in [0.25, 0.3) is 0 Å². The Bertz CT molecular complexity index is 244.